The number of rotatable bonds is 14. The minimum Gasteiger partial charge on any atom is -0.382 e. The average molecular weight is 542 g/mol. The average Bonchev–Trinajstić information content (AvgIpc) is 2.90. The van der Waals surface area contributed by atoms with Crippen molar-refractivity contribution in [2.75, 3.05) is 39.0 Å². The summed E-state index contributed by atoms with van der Waals surface area (Å²) in [6.07, 6.45) is 8.10. The van der Waals surface area contributed by atoms with Crippen LogP contribution in [-0.2, 0) is 11.0 Å². The Hall–Kier alpha value is -4.12. The Kier molecular flexibility index (Phi) is 12.2. The third kappa shape index (κ3) is 10.3. The molecule has 2 rings (SSSR count). The normalized spacial score (nSPS) is 13.2. The van der Waals surface area contributed by atoms with Gasteiger partial charge in [0, 0.05) is 56.1 Å². The van der Waals surface area contributed by atoms with E-state index in [4.69, 9.17) is 5.53 Å². The highest BCUT2D eigenvalue weighted by Crippen LogP contribution is 2.27. The largest absolute Gasteiger partial charge is 0.433 e. The summed E-state index contributed by atoms with van der Waals surface area (Å²) in [5.41, 5.74) is 9.77. The first kappa shape index (κ1) is 31.1. The third-order valence-corrected chi connectivity index (χ3v) is 5.58. The van der Waals surface area contributed by atoms with Gasteiger partial charge in [0.2, 0.25) is 0 Å². The summed E-state index contributed by atoms with van der Waals surface area (Å²) < 4.78 is 38.7. The van der Waals surface area contributed by atoms with Crippen LogP contribution in [0.2, 0.25) is 0 Å². The van der Waals surface area contributed by atoms with Gasteiger partial charge in [-0.05, 0) is 56.8 Å². The van der Waals surface area contributed by atoms with Gasteiger partial charge in [0.15, 0.2) is 0 Å². The Morgan fingerprint density at radius 1 is 1.18 bits per heavy atom. The summed E-state index contributed by atoms with van der Waals surface area (Å²) in [5, 5.41) is 6.97. The summed E-state index contributed by atoms with van der Waals surface area (Å²) in [7, 11) is 3.77. The molecular formula is C28H34F3N7O. The third-order valence-electron chi connectivity index (χ3n) is 5.58. The van der Waals surface area contributed by atoms with E-state index in [2.05, 4.69) is 39.3 Å². The van der Waals surface area contributed by atoms with Crippen molar-refractivity contribution in [2.24, 2.45) is 5.11 Å². The predicted molar refractivity (Wildman–Crippen MR) is 148 cm³/mol. The number of nitrogens with zero attached hydrogens (tertiary/aromatic N) is 5. The maximum Gasteiger partial charge on any atom is 0.433 e. The fourth-order valence-corrected chi connectivity index (χ4v) is 3.65. The van der Waals surface area contributed by atoms with Gasteiger partial charge in [0.25, 0.3) is 0 Å². The first-order valence-electron chi connectivity index (χ1n) is 12.3. The van der Waals surface area contributed by atoms with Gasteiger partial charge in [-0.15, -0.1) is 0 Å². The molecule has 0 aliphatic rings. The van der Waals surface area contributed by atoms with E-state index >= 15 is 0 Å². The zero-order chi connectivity index (χ0) is 28.8. The molecule has 0 aliphatic carbocycles. The lowest BCUT2D eigenvalue weighted by Gasteiger charge is -2.19. The molecule has 0 unspecified atom stereocenters. The van der Waals surface area contributed by atoms with Crippen molar-refractivity contribution in [1.82, 2.24) is 19.8 Å². The maximum absolute atomic E-state index is 12.9. The summed E-state index contributed by atoms with van der Waals surface area (Å²) in [6, 6.07) is 5.52. The number of aromatic nitrogens is 2. The molecule has 208 valence electrons. The van der Waals surface area contributed by atoms with E-state index in [-0.39, 0.29) is 5.69 Å². The van der Waals surface area contributed by atoms with Crippen molar-refractivity contribution in [3.8, 4) is 0 Å². The Morgan fingerprint density at radius 2 is 1.95 bits per heavy atom. The van der Waals surface area contributed by atoms with Crippen LogP contribution < -0.4 is 5.32 Å². The highest BCUT2D eigenvalue weighted by Gasteiger charge is 2.32. The molecule has 2 aromatic rings. The standard InChI is InChI=1S/C28H34F3N7O/c1-5-14-37(3)15-13-34-24-17-22(18-33-19-24)25(36-32)20-38(4)26(12-16-39)21(2)8-6-9-23-10-7-11-27(35-23)28(29,30)31/h6-12,16-20,32,34H,5,13-15H2,1-4H3/b9-6+,21-8-,25-20-,26-12+,36-32?. The molecule has 0 radical (unpaired) electrons. The summed E-state index contributed by atoms with van der Waals surface area (Å²) in [4.78, 5) is 23.1. The van der Waals surface area contributed by atoms with E-state index < -0.39 is 11.9 Å². The molecule has 0 amide bonds. The highest BCUT2D eigenvalue weighted by atomic mass is 19.4. The minimum atomic E-state index is -4.53. The molecule has 0 fully saturated rings. The molecular weight excluding hydrogens is 507 g/mol. The SMILES string of the molecule is CCCN(C)CCNc1cncc(/C(=C/N(C)C(=C/C=O)/C(C)=C\C=C\c2cccc(C(F)(F)F)n2)N=N)c1. The molecule has 0 saturated carbocycles. The van der Waals surface area contributed by atoms with Crippen molar-refractivity contribution >= 4 is 23.7 Å². The molecule has 2 aromatic heterocycles. The van der Waals surface area contributed by atoms with Crippen LogP contribution in [0.25, 0.3) is 11.8 Å². The minimum absolute atomic E-state index is 0.149. The van der Waals surface area contributed by atoms with Gasteiger partial charge < -0.3 is 15.1 Å². The molecule has 2 heterocycles. The van der Waals surface area contributed by atoms with Gasteiger partial charge in [0.05, 0.1) is 11.4 Å². The zero-order valence-electron chi connectivity index (χ0n) is 22.5. The van der Waals surface area contributed by atoms with E-state index in [1.807, 2.05) is 6.07 Å². The molecule has 0 aromatic carbocycles. The number of aldehydes is 1. The summed E-state index contributed by atoms with van der Waals surface area (Å²) in [6.45, 7) is 6.50. The lowest BCUT2D eigenvalue weighted by molar-refractivity contribution is -0.141. The predicted octanol–water partition coefficient (Wildman–Crippen LogP) is 6.25. The molecule has 8 nitrogen and oxygen atoms in total. The van der Waals surface area contributed by atoms with Crippen LogP contribution in [0.15, 0.2) is 77.5 Å². The number of nitrogens with one attached hydrogen (secondary N) is 2. The van der Waals surface area contributed by atoms with Crippen molar-refractivity contribution in [2.45, 2.75) is 26.4 Å². The van der Waals surface area contributed by atoms with Crippen molar-refractivity contribution in [3.05, 3.63) is 89.3 Å². The highest BCUT2D eigenvalue weighted by molar-refractivity contribution is 5.69. The summed E-state index contributed by atoms with van der Waals surface area (Å²) in [5.74, 6) is 0. The van der Waals surface area contributed by atoms with Crippen LogP contribution >= 0.6 is 0 Å². The number of likely N-dealkylation sites (N-methyl/N-ethyl adjacent to an activating group) is 2. The lowest BCUT2D eigenvalue weighted by Crippen LogP contribution is -2.25. The van der Waals surface area contributed by atoms with E-state index in [1.54, 1.807) is 49.6 Å². The Morgan fingerprint density at radius 3 is 2.62 bits per heavy atom. The monoisotopic (exact) mass is 541 g/mol. The number of hydrogen-bond acceptors (Lipinski definition) is 8. The molecule has 0 atom stereocenters. The number of hydrogen-bond donors (Lipinski definition) is 2. The van der Waals surface area contributed by atoms with Gasteiger partial charge in [-0.1, -0.05) is 25.1 Å². The quantitative estimate of drug-likeness (QED) is 0.127. The van der Waals surface area contributed by atoms with E-state index in [0.717, 1.165) is 37.8 Å². The molecule has 0 aliphatic heterocycles. The lowest BCUT2D eigenvalue weighted by atomic mass is 10.1. The number of anilines is 1. The molecule has 39 heavy (non-hydrogen) atoms. The van der Waals surface area contributed by atoms with Crippen molar-refractivity contribution < 1.29 is 18.0 Å². The number of allylic oxidation sites excluding steroid dienone is 4. The zero-order valence-corrected chi connectivity index (χ0v) is 22.5. The van der Waals surface area contributed by atoms with Crippen LogP contribution in [0.5, 0.6) is 0 Å². The number of halogens is 3. The second kappa shape index (κ2) is 15.3. The van der Waals surface area contributed by atoms with E-state index in [9.17, 15) is 18.0 Å². The van der Waals surface area contributed by atoms with Gasteiger partial charge >= 0.3 is 6.18 Å². The number of alkyl halides is 3. The smallest absolute Gasteiger partial charge is 0.382 e. The Balaban J connectivity index is 2.20. The first-order chi connectivity index (χ1) is 18.6. The van der Waals surface area contributed by atoms with E-state index in [0.29, 0.717) is 28.8 Å². The van der Waals surface area contributed by atoms with Crippen molar-refractivity contribution in [1.29, 1.82) is 5.53 Å². The molecule has 0 saturated heterocycles. The van der Waals surface area contributed by atoms with E-state index in [1.165, 1.54) is 24.3 Å². The molecule has 0 bridgehead atoms. The van der Waals surface area contributed by atoms with Gasteiger partial charge in [-0.2, -0.15) is 18.3 Å². The second-order valence-electron chi connectivity index (χ2n) is 8.77. The second-order valence-corrected chi connectivity index (χ2v) is 8.77. The maximum atomic E-state index is 12.9. The van der Waals surface area contributed by atoms with Crippen LogP contribution in [0, 0.1) is 5.53 Å². The van der Waals surface area contributed by atoms with Crippen LogP contribution in [-0.4, -0.2) is 59.8 Å². The fourth-order valence-electron chi connectivity index (χ4n) is 3.65. The molecule has 0 spiro atoms. The fraction of sp³-hybridized carbons (Fsp3) is 0.321. The number of carbonyl (C=O) groups excluding carboxylic acids is 1. The number of pyridine rings is 2. The molecule has 2 N–H and O–H groups in total. The van der Waals surface area contributed by atoms with Gasteiger partial charge in [-0.25, -0.2) is 10.5 Å². The Labute approximate surface area is 227 Å². The van der Waals surface area contributed by atoms with Gasteiger partial charge in [0.1, 0.15) is 17.7 Å². The van der Waals surface area contributed by atoms with Gasteiger partial charge in [-0.3, -0.25) is 9.78 Å². The van der Waals surface area contributed by atoms with Crippen LogP contribution in [0.3, 0.4) is 0 Å². The van der Waals surface area contributed by atoms with Crippen LogP contribution in [0.1, 0.15) is 37.2 Å². The van der Waals surface area contributed by atoms with Crippen molar-refractivity contribution in [3.63, 3.8) is 0 Å². The van der Waals surface area contributed by atoms with Crippen LogP contribution in [0.4, 0.5) is 18.9 Å². The summed E-state index contributed by atoms with van der Waals surface area (Å²) >= 11 is 0. The molecule has 11 heteroatoms. The number of carbonyl (C=O) groups is 1. The Bertz CT molecular complexity index is 1240. The topological polar surface area (TPSA) is 97.6 Å². The first-order valence-corrected chi connectivity index (χ1v) is 12.3.